The summed E-state index contributed by atoms with van der Waals surface area (Å²) in [5, 5.41) is 16.2. The van der Waals surface area contributed by atoms with E-state index in [0.29, 0.717) is 21.2 Å². The molecule has 10 heteroatoms. The normalized spacial score (nSPS) is 11.0. The van der Waals surface area contributed by atoms with Gasteiger partial charge in [-0.3, -0.25) is 14.9 Å². The maximum atomic E-state index is 12.3. The Kier molecular flexibility index (Phi) is 7.91. The summed E-state index contributed by atoms with van der Waals surface area (Å²) in [6.45, 7) is 0. The van der Waals surface area contributed by atoms with Crippen LogP contribution in [-0.4, -0.2) is 23.0 Å². The number of ether oxygens (including phenoxy) is 1. The van der Waals surface area contributed by atoms with Crippen molar-refractivity contribution in [1.29, 1.82) is 0 Å². The van der Waals surface area contributed by atoms with Crippen LogP contribution in [0, 0.1) is 10.1 Å². The molecule has 3 rings (SSSR count). The number of halogens is 2. The van der Waals surface area contributed by atoms with Gasteiger partial charge in [0.15, 0.2) is 0 Å². The predicted molar refractivity (Wildman–Crippen MR) is 126 cm³/mol. The number of hydrogen-bond donors (Lipinski definition) is 1. The molecule has 0 aliphatic carbocycles. The molecular weight excluding hydrogens is 469 g/mol. The number of carbonyl (C=O) groups is 2. The lowest BCUT2D eigenvalue weighted by molar-refractivity contribution is -0.385. The third kappa shape index (κ3) is 6.73. The Morgan fingerprint density at radius 1 is 0.970 bits per heavy atom. The number of nitrogens with one attached hydrogen (secondary N) is 1. The molecular formula is C23H15Cl2N3O5. The molecule has 3 aromatic rings. The van der Waals surface area contributed by atoms with Crippen molar-refractivity contribution in [2.75, 3.05) is 0 Å². The number of amides is 1. The van der Waals surface area contributed by atoms with E-state index in [1.807, 2.05) is 0 Å². The molecule has 0 radical (unpaired) electrons. The number of hydrazone groups is 1. The molecule has 8 nitrogen and oxygen atoms in total. The van der Waals surface area contributed by atoms with Crippen molar-refractivity contribution in [2.45, 2.75) is 0 Å². The van der Waals surface area contributed by atoms with E-state index in [-0.39, 0.29) is 11.3 Å². The average Bonchev–Trinajstić information content (AvgIpc) is 2.79. The molecule has 0 aliphatic rings. The van der Waals surface area contributed by atoms with Crippen LogP contribution >= 0.6 is 23.2 Å². The molecule has 3 aromatic carbocycles. The first-order valence-corrected chi connectivity index (χ1v) is 10.1. The van der Waals surface area contributed by atoms with Gasteiger partial charge in [-0.25, -0.2) is 10.2 Å². The first-order chi connectivity index (χ1) is 15.8. The topological polar surface area (TPSA) is 111 Å². The number of benzene rings is 3. The van der Waals surface area contributed by atoms with Crippen LogP contribution in [-0.2, 0) is 4.79 Å². The van der Waals surface area contributed by atoms with Crippen LogP contribution in [0.25, 0.3) is 6.08 Å². The van der Waals surface area contributed by atoms with E-state index in [9.17, 15) is 19.7 Å². The van der Waals surface area contributed by atoms with Crippen molar-refractivity contribution >= 4 is 53.1 Å². The zero-order valence-electron chi connectivity index (χ0n) is 16.8. The van der Waals surface area contributed by atoms with E-state index in [4.69, 9.17) is 27.9 Å². The average molecular weight is 484 g/mol. The van der Waals surface area contributed by atoms with Crippen molar-refractivity contribution in [3.63, 3.8) is 0 Å². The zero-order chi connectivity index (χ0) is 23.8. The molecule has 0 atom stereocenters. The summed E-state index contributed by atoms with van der Waals surface area (Å²) in [5.41, 5.74) is 2.99. The molecule has 33 heavy (non-hydrogen) atoms. The summed E-state index contributed by atoms with van der Waals surface area (Å²) in [7, 11) is 0. The monoisotopic (exact) mass is 483 g/mol. The Morgan fingerprint density at radius 2 is 1.61 bits per heavy atom. The van der Waals surface area contributed by atoms with E-state index < -0.39 is 22.5 Å². The summed E-state index contributed by atoms with van der Waals surface area (Å²) >= 11 is 11.6. The third-order valence-corrected chi connectivity index (χ3v) is 4.69. The minimum absolute atomic E-state index is 0.119. The van der Waals surface area contributed by atoms with Gasteiger partial charge in [0.25, 0.3) is 5.91 Å². The highest BCUT2D eigenvalue weighted by Crippen LogP contribution is 2.30. The Bertz CT molecular complexity index is 1240. The Hall–Kier alpha value is -4.01. The maximum absolute atomic E-state index is 12.3. The van der Waals surface area contributed by atoms with Crippen LogP contribution < -0.4 is 10.2 Å². The summed E-state index contributed by atoms with van der Waals surface area (Å²) in [4.78, 5) is 35.2. The molecule has 0 fully saturated rings. The Balaban J connectivity index is 1.77. The molecule has 0 spiro atoms. The highest BCUT2D eigenvalue weighted by Gasteiger charge is 2.20. The summed E-state index contributed by atoms with van der Waals surface area (Å²) in [6.07, 6.45) is 3.75. The highest BCUT2D eigenvalue weighted by atomic mass is 35.5. The van der Waals surface area contributed by atoms with Crippen molar-refractivity contribution in [3.05, 3.63) is 110 Å². The van der Waals surface area contributed by atoms with Gasteiger partial charge in [0.1, 0.15) is 0 Å². The summed E-state index contributed by atoms with van der Waals surface area (Å²) in [5.74, 6) is -1.66. The Labute approximate surface area is 198 Å². The second kappa shape index (κ2) is 11.0. The van der Waals surface area contributed by atoms with Crippen LogP contribution in [0.15, 0.2) is 77.9 Å². The van der Waals surface area contributed by atoms with Crippen molar-refractivity contribution < 1.29 is 19.2 Å². The Morgan fingerprint density at radius 3 is 2.24 bits per heavy atom. The van der Waals surface area contributed by atoms with Gasteiger partial charge >= 0.3 is 11.7 Å². The van der Waals surface area contributed by atoms with E-state index >= 15 is 0 Å². The number of esters is 1. The van der Waals surface area contributed by atoms with Gasteiger partial charge in [-0.2, -0.15) is 5.10 Å². The van der Waals surface area contributed by atoms with Crippen molar-refractivity contribution in [3.8, 4) is 5.75 Å². The van der Waals surface area contributed by atoms with Gasteiger partial charge in [-0.15, -0.1) is 0 Å². The van der Waals surface area contributed by atoms with Crippen molar-refractivity contribution in [2.24, 2.45) is 5.10 Å². The molecule has 1 amide bonds. The number of hydrogen-bond acceptors (Lipinski definition) is 6. The fourth-order valence-electron chi connectivity index (χ4n) is 2.60. The molecule has 0 bridgehead atoms. The molecule has 0 saturated heterocycles. The van der Waals surface area contributed by atoms with E-state index in [2.05, 4.69) is 10.5 Å². The quantitative estimate of drug-likeness (QED) is 0.122. The zero-order valence-corrected chi connectivity index (χ0v) is 18.3. The molecule has 0 unspecified atom stereocenters. The van der Waals surface area contributed by atoms with Gasteiger partial charge in [-0.05, 0) is 54.1 Å². The fourth-order valence-corrected chi connectivity index (χ4v) is 2.85. The van der Waals surface area contributed by atoms with E-state index in [1.165, 1.54) is 36.4 Å². The maximum Gasteiger partial charge on any atom is 0.336 e. The number of para-hydroxylation sites is 1. The molecule has 0 aromatic heterocycles. The summed E-state index contributed by atoms with van der Waals surface area (Å²) in [6, 6.07) is 16.9. The van der Waals surface area contributed by atoms with Crippen LogP contribution in [0.3, 0.4) is 0 Å². The van der Waals surface area contributed by atoms with E-state index in [1.54, 1.807) is 36.4 Å². The standard InChI is InChI=1S/C23H15Cl2N3O5/c24-18-9-4-15(5-10-18)6-13-21(29)33-22-17(2-1-3-20(22)28(31)32)14-26-27-23(30)16-7-11-19(25)12-8-16/h1-14H,(H,27,30)/b13-6+,26-14+. The smallest absolute Gasteiger partial charge is 0.336 e. The lowest BCUT2D eigenvalue weighted by Gasteiger charge is -2.06. The number of nitro benzene ring substituents is 1. The number of nitrogens with zero attached hydrogens (tertiary/aromatic N) is 2. The first-order valence-electron chi connectivity index (χ1n) is 9.35. The molecule has 0 heterocycles. The van der Waals surface area contributed by atoms with E-state index in [0.717, 1.165) is 12.3 Å². The third-order valence-electron chi connectivity index (χ3n) is 4.18. The van der Waals surface area contributed by atoms with Crippen LogP contribution in [0.4, 0.5) is 5.69 Å². The lowest BCUT2D eigenvalue weighted by Crippen LogP contribution is -2.17. The number of nitro groups is 1. The number of carbonyl (C=O) groups excluding carboxylic acids is 2. The highest BCUT2D eigenvalue weighted by molar-refractivity contribution is 6.30. The fraction of sp³-hybridized carbons (Fsp3) is 0. The van der Waals surface area contributed by atoms with Crippen LogP contribution in [0.1, 0.15) is 21.5 Å². The largest absolute Gasteiger partial charge is 0.415 e. The molecule has 166 valence electrons. The van der Waals surface area contributed by atoms with Crippen molar-refractivity contribution in [1.82, 2.24) is 5.43 Å². The van der Waals surface area contributed by atoms with Gasteiger partial charge in [-0.1, -0.05) is 41.4 Å². The first kappa shape index (κ1) is 23.6. The molecule has 0 saturated carbocycles. The second-order valence-corrected chi connectivity index (χ2v) is 7.34. The molecule has 0 aliphatic heterocycles. The summed E-state index contributed by atoms with van der Waals surface area (Å²) < 4.78 is 5.23. The lowest BCUT2D eigenvalue weighted by atomic mass is 10.2. The van der Waals surface area contributed by atoms with Gasteiger partial charge in [0, 0.05) is 33.3 Å². The van der Waals surface area contributed by atoms with Gasteiger partial charge in [0.2, 0.25) is 5.75 Å². The van der Waals surface area contributed by atoms with Gasteiger partial charge in [0.05, 0.1) is 11.1 Å². The van der Waals surface area contributed by atoms with Crippen LogP contribution in [0.2, 0.25) is 10.0 Å². The van der Waals surface area contributed by atoms with Crippen LogP contribution in [0.5, 0.6) is 5.75 Å². The minimum Gasteiger partial charge on any atom is -0.415 e. The second-order valence-electron chi connectivity index (χ2n) is 6.46. The SMILES string of the molecule is O=C(/C=C/c1ccc(Cl)cc1)Oc1c(/C=N/NC(=O)c2ccc(Cl)cc2)cccc1[N+](=O)[O-]. The predicted octanol–water partition coefficient (Wildman–Crippen LogP) is 5.28. The molecule has 1 N–H and O–H groups in total. The minimum atomic E-state index is -0.834. The number of rotatable bonds is 7. The van der Waals surface area contributed by atoms with Gasteiger partial charge < -0.3 is 4.74 Å².